The molecule has 0 aliphatic heterocycles. The summed E-state index contributed by atoms with van der Waals surface area (Å²) in [5.74, 6) is -0.244. The molecule has 0 saturated heterocycles. The van der Waals surface area contributed by atoms with Gasteiger partial charge in [-0.3, -0.25) is 4.79 Å². The van der Waals surface area contributed by atoms with Crippen LogP contribution in [0.2, 0.25) is 5.02 Å². The topological polar surface area (TPSA) is 55.1 Å². The van der Waals surface area contributed by atoms with E-state index in [1.54, 1.807) is 0 Å². The summed E-state index contributed by atoms with van der Waals surface area (Å²) in [5.41, 5.74) is 6.13. The van der Waals surface area contributed by atoms with Crippen molar-refractivity contribution in [3.8, 4) is 0 Å². The summed E-state index contributed by atoms with van der Waals surface area (Å²) in [6, 6.07) is 3.70. The molecule has 0 spiro atoms. The van der Waals surface area contributed by atoms with E-state index in [9.17, 15) is 9.18 Å². The molecule has 1 aliphatic carbocycles. The number of halogens is 2. The van der Waals surface area contributed by atoms with E-state index in [0.29, 0.717) is 12.5 Å². The predicted molar refractivity (Wildman–Crippen MR) is 64.4 cm³/mol. The Balaban J connectivity index is 1.94. The maximum atomic E-state index is 12.8. The number of carbonyl (C=O) groups excluding carboxylic acids is 1. The zero-order chi connectivity index (χ0) is 12.4. The first-order chi connectivity index (χ1) is 8.08. The number of nitrogens with one attached hydrogen (secondary N) is 1. The Hall–Kier alpha value is -1.13. The normalized spacial score (nSPS) is 16.6. The van der Waals surface area contributed by atoms with Crippen LogP contribution in [0.15, 0.2) is 18.2 Å². The molecule has 1 atom stereocenters. The van der Waals surface area contributed by atoms with Gasteiger partial charge >= 0.3 is 0 Å². The average Bonchev–Trinajstić information content (AvgIpc) is 3.09. The molecule has 0 radical (unpaired) electrons. The molecule has 5 heteroatoms. The van der Waals surface area contributed by atoms with Gasteiger partial charge in [-0.25, -0.2) is 4.39 Å². The Morgan fingerprint density at radius 2 is 2.29 bits per heavy atom. The summed E-state index contributed by atoms with van der Waals surface area (Å²) in [6.45, 7) is 0.428. The molecule has 17 heavy (non-hydrogen) atoms. The van der Waals surface area contributed by atoms with Gasteiger partial charge in [0, 0.05) is 12.6 Å². The van der Waals surface area contributed by atoms with Crippen LogP contribution in [0, 0.1) is 11.7 Å². The molecular formula is C12H14ClFN2O. The summed E-state index contributed by atoms with van der Waals surface area (Å²) in [7, 11) is 0. The van der Waals surface area contributed by atoms with Crippen molar-refractivity contribution in [1.29, 1.82) is 0 Å². The molecule has 1 amide bonds. The minimum absolute atomic E-state index is 0.00169. The monoisotopic (exact) mass is 256 g/mol. The lowest BCUT2D eigenvalue weighted by Gasteiger charge is -2.12. The van der Waals surface area contributed by atoms with Gasteiger partial charge in [-0.1, -0.05) is 11.6 Å². The maximum absolute atomic E-state index is 12.8. The van der Waals surface area contributed by atoms with E-state index in [-0.39, 0.29) is 22.5 Å². The number of hydrogen-bond donors (Lipinski definition) is 2. The van der Waals surface area contributed by atoms with E-state index in [2.05, 4.69) is 5.32 Å². The first-order valence-electron chi connectivity index (χ1n) is 5.57. The van der Waals surface area contributed by atoms with Crippen LogP contribution in [0.1, 0.15) is 23.2 Å². The quantitative estimate of drug-likeness (QED) is 0.865. The van der Waals surface area contributed by atoms with E-state index < -0.39 is 5.82 Å². The first-order valence-corrected chi connectivity index (χ1v) is 5.94. The molecule has 0 aromatic heterocycles. The lowest BCUT2D eigenvalue weighted by molar-refractivity contribution is 0.0950. The predicted octanol–water partition coefficient (Wildman–Crippen LogP) is 1.95. The van der Waals surface area contributed by atoms with Crippen molar-refractivity contribution in [1.82, 2.24) is 5.32 Å². The van der Waals surface area contributed by atoms with Gasteiger partial charge in [0.1, 0.15) is 5.82 Å². The second-order valence-electron chi connectivity index (χ2n) is 4.34. The summed E-state index contributed by atoms with van der Waals surface area (Å²) < 4.78 is 12.8. The highest BCUT2D eigenvalue weighted by molar-refractivity contribution is 6.33. The highest BCUT2D eigenvalue weighted by atomic mass is 35.5. The largest absolute Gasteiger partial charge is 0.350 e. The fourth-order valence-corrected chi connectivity index (χ4v) is 1.92. The number of nitrogens with two attached hydrogens (primary N) is 1. The van der Waals surface area contributed by atoms with Crippen molar-refractivity contribution in [2.45, 2.75) is 18.9 Å². The van der Waals surface area contributed by atoms with Crippen molar-refractivity contribution >= 4 is 17.5 Å². The van der Waals surface area contributed by atoms with Crippen molar-refractivity contribution < 1.29 is 9.18 Å². The second kappa shape index (κ2) is 5.02. The SMILES string of the molecule is NC(CNC(=O)c1ccc(F)cc1Cl)C1CC1. The van der Waals surface area contributed by atoms with Crippen LogP contribution in [-0.2, 0) is 0 Å². The summed E-state index contributed by atoms with van der Waals surface area (Å²) in [5, 5.41) is 2.82. The zero-order valence-electron chi connectivity index (χ0n) is 9.25. The lowest BCUT2D eigenvalue weighted by Crippen LogP contribution is -2.38. The summed E-state index contributed by atoms with van der Waals surface area (Å²) in [6.07, 6.45) is 2.27. The minimum Gasteiger partial charge on any atom is -0.350 e. The molecule has 0 bridgehead atoms. The fraction of sp³-hybridized carbons (Fsp3) is 0.417. The van der Waals surface area contributed by atoms with Gasteiger partial charge in [-0.15, -0.1) is 0 Å². The van der Waals surface area contributed by atoms with Crippen LogP contribution in [0.3, 0.4) is 0 Å². The van der Waals surface area contributed by atoms with Gasteiger partial charge in [0.05, 0.1) is 10.6 Å². The number of benzene rings is 1. The van der Waals surface area contributed by atoms with Crippen LogP contribution < -0.4 is 11.1 Å². The molecule has 1 fully saturated rings. The van der Waals surface area contributed by atoms with Gasteiger partial charge < -0.3 is 11.1 Å². The number of carbonyl (C=O) groups is 1. The summed E-state index contributed by atoms with van der Waals surface area (Å²) in [4.78, 5) is 11.8. The second-order valence-corrected chi connectivity index (χ2v) is 4.74. The standard InChI is InChI=1S/C12H14ClFN2O/c13-10-5-8(14)3-4-9(10)12(17)16-6-11(15)7-1-2-7/h3-5,7,11H,1-2,6,15H2,(H,16,17). The molecule has 2 rings (SSSR count). The highest BCUT2D eigenvalue weighted by Crippen LogP contribution is 2.31. The van der Waals surface area contributed by atoms with Crippen LogP contribution in [0.5, 0.6) is 0 Å². The third-order valence-corrected chi connectivity index (χ3v) is 3.21. The van der Waals surface area contributed by atoms with Gasteiger partial charge in [0.15, 0.2) is 0 Å². The van der Waals surface area contributed by atoms with Crippen LogP contribution >= 0.6 is 11.6 Å². The Kier molecular flexibility index (Phi) is 3.64. The van der Waals surface area contributed by atoms with E-state index in [1.165, 1.54) is 12.1 Å². The molecule has 3 N–H and O–H groups in total. The smallest absolute Gasteiger partial charge is 0.252 e. The Bertz CT molecular complexity index is 435. The van der Waals surface area contributed by atoms with Crippen LogP contribution in [0.4, 0.5) is 4.39 Å². The molecule has 1 saturated carbocycles. The molecular weight excluding hydrogens is 243 g/mol. The molecule has 1 unspecified atom stereocenters. The Morgan fingerprint density at radius 1 is 1.59 bits per heavy atom. The van der Waals surface area contributed by atoms with Gasteiger partial charge in [-0.2, -0.15) is 0 Å². The van der Waals surface area contributed by atoms with Gasteiger partial charge in [-0.05, 0) is 37.0 Å². The van der Waals surface area contributed by atoms with Gasteiger partial charge in [0.2, 0.25) is 0 Å². The molecule has 1 aromatic rings. The van der Waals surface area contributed by atoms with E-state index in [4.69, 9.17) is 17.3 Å². The Labute approximate surface area is 104 Å². The number of rotatable bonds is 4. The maximum Gasteiger partial charge on any atom is 0.252 e. The molecule has 1 aliphatic rings. The van der Waals surface area contributed by atoms with Crippen LogP contribution in [-0.4, -0.2) is 18.5 Å². The lowest BCUT2D eigenvalue weighted by atomic mass is 10.1. The van der Waals surface area contributed by atoms with Crippen LogP contribution in [0.25, 0.3) is 0 Å². The number of amides is 1. The highest BCUT2D eigenvalue weighted by Gasteiger charge is 2.28. The van der Waals surface area contributed by atoms with E-state index in [0.717, 1.165) is 18.9 Å². The van der Waals surface area contributed by atoms with Crippen molar-refractivity contribution in [3.05, 3.63) is 34.6 Å². The summed E-state index contributed by atoms with van der Waals surface area (Å²) >= 11 is 5.78. The molecule has 1 aromatic carbocycles. The number of hydrogen-bond acceptors (Lipinski definition) is 2. The molecule has 0 heterocycles. The zero-order valence-corrected chi connectivity index (χ0v) is 10.0. The fourth-order valence-electron chi connectivity index (χ4n) is 1.67. The Morgan fingerprint density at radius 3 is 2.88 bits per heavy atom. The van der Waals surface area contributed by atoms with Gasteiger partial charge in [0.25, 0.3) is 5.91 Å². The van der Waals surface area contributed by atoms with Crippen molar-refractivity contribution in [2.75, 3.05) is 6.54 Å². The first kappa shape index (κ1) is 12.3. The third-order valence-electron chi connectivity index (χ3n) is 2.90. The van der Waals surface area contributed by atoms with E-state index >= 15 is 0 Å². The van der Waals surface area contributed by atoms with E-state index in [1.807, 2.05) is 0 Å². The minimum atomic E-state index is -0.457. The van der Waals surface area contributed by atoms with Crippen molar-refractivity contribution in [2.24, 2.45) is 11.7 Å². The third kappa shape index (κ3) is 3.17. The average molecular weight is 257 g/mol. The molecule has 92 valence electrons. The van der Waals surface area contributed by atoms with Crippen molar-refractivity contribution in [3.63, 3.8) is 0 Å². The molecule has 3 nitrogen and oxygen atoms in total.